The van der Waals surface area contributed by atoms with Gasteiger partial charge in [-0.15, -0.1) is 5.06 Å². The molecule has 0 N–H and O–H groups in total. The second-order valence-electron chi connectivity index (χ2n) is 3.91. The minimum absolute atomic E-state index is 0.120. The largest absolute Gasteiger partial charge is 0.499 e. The van der Waals surface area contributed by atoms with Gasteiger partial charge in [0.25, 0.3) is 22.9 Å². The maximum absolute atomic E-state index is 12.2. The standard InChI is InChI=1S/C11H6F3NO4S/c1-5-3-4-6(2)8-7(5)9(16)15(10(8)17)19-20(18)11(12,13)14/h1-2H3/t20-/m0/s1. The molecule has 20 heavy (non-hydrogen) atoms. The number of carbonyl (C=O) groups excluding carboxylic acids is 2. The van der Waals surface area contributed by atoms with Crippen LogP contribution in [-0.4, -0.2) is 26.6 Å². The molecule has 1 atom stereocenters. The van der Waals surface area contributed by atoms with E-state index in [4.69, 9.17) is 0 Å². The van der Waals surface area contributed by atoms with Crippen LogP contribution in [0, 0.1) is 0 Å². The van der Waals surface area contributed by atoms with Crippen molar-refractivity contribution in [3.05, 3.63) is 33.8 Å². The Morgan fingerprint density at radius 2 is 1.45 bits per heavy atom. The Morgan fingerprint density at radius 3 is 1.80 bits per heavy atom. The zero-order chi connectivity index (χ0) is 15.2. The van der Waals surface area contributed by atoms with Crippen molar-refractivity contribution in [3.8, 4) is 0 Å². The van der Waals surface area contributed by atoms with Gasteiger partial charge in [0.2, 0.25) is 0 Å². The van der Waals surface area contributed by atoms with Crippen LogP contribution in [-0.2, 0) is 25.0 Å². The molecule has 0 saturated heterocycles. The molecule has 2 aliphatic rings. The third-order valence-corrected chi connectivity index (χ3v) is 3.23. The first kappa shape index (κ1) is 14.5. The Morgan fingerprint density at radius 1 is 1.05 bits per heavy atom. The predicted molar refractivity (Wildman–Crippen MR) is 59.6 cm³/mol. The van der Waals surface area contributed by atoms with Crippen LogP contribution in [0.25, 0.3) is 0 Å². The highest BCUT2D eigenvalue weighted by Gasteiger charge is 2.47. The summed E-state index contributed by atoms with van der Waals surface area (Å²) in [4.78, 5) is 23.8. The van der Waals surface area contributed by atoms with Gasteiger partial charge in [-0.3, -0.25) is 9.59 Å². The molecule has 1 aliphatic heterocycles. The molecule has 0 unspecified atom stereocenters. The molecule has 0 fully saturated rings. The fourth-order valence-electron chi connectivity index (χ4n) is 1.70. The van der Waals surface area contributed by atoms with E-state index >= 15 is 0 Å². The molecule has 0 radical (unpaired) electrons. The first-order chi connectivity index (χ1) is 9.14. The summed E-state index contributed by atoms with van der Waals surface area (Å²) in [6.07, 6.45) is 0. The molecule has 0 aromatic heterocycles. The van der Waals surface area contributed by atoms with Gasteiger partial charge in [-0.25, -0.2) is 4.21 Å². The summed E-state index contributed by atoms with van der Waals surface area (Å²) < 4.78 is 51.3. The number of hydrogen-bond donors (Lipinski definition) is 0. The number of carbonyl (C=O) groups is 2. The van der Waals surface area contributed by atoms with E-state index in [1.54, 1.807) is 0 Å². The molecule has 0 bridgehead atoms. The summed E-state index contributed by atoms with van der Waals surface area (Å²) in [6.45, 7) is 2.90. The highest BCUT2D eigenvalue weighted by atomic mass is 32.2. The first-order valence-corrected chi connectivity index (χ1v) is 6.22. The van der Waals surface area contributed by atoms with Crippen LogP contribution < -0.4 is 0 Å². The summed E-state index contributed by atoms with van der Waals surface area (Å²) in [6, 6.07) is 0. The maximum Gasteiger partial charge on any atom is 0.499 e. The molecule has 2 rings (SSSR count). The van der Waals surface area contributed by atoms with Gasteiger partial charge in [-0.1, -0.05) is 11.5 Å². The van der Waals surface area contributed by atoms with E-state index < -0.39 is 28.4 Å². The molecule has 0 spiro atoms. The fourth-order valence-corrected chi connectivity index (χ4v) is 2.05. The lowest BCUT2D eigenvalue weighted by Crippen LogP contribution is -2.36. The molecular weight excluding hydrogens is 299 g/mol. The molecule has 5 nitrogen and oxygen atoms in total. The molecule has 106 valence electrons. The Hall–Kier alpha value is -1.92. The van der Waals surface area contributed by atoms with Gasteiger partial charge in [-0.2, -0.15) is 17.5 Å². The lowest BCUT2D eigenvalue weighted by Gasteiger charge is -2.13. The Labute approximate surface area is 113 Å². The van der Waals surface area contributed by atoms with E-state index in [0.717, 1.165) is 0 Å². The van der Waals surface area contributed by atoms with E-state index in [2.05, 4.69) is 15.7 Å². The van der Waals surface area contributed by atoms with Crippen molar-refractivity contribution < 1.29 is 31.3 Å². The number of alkyl halides is 3. The second kappa shape index (κ2) is 4.57. The predicted octanol–water partition coefficient (Wildman–Crippen LogP) is 1.43. The summed E-state index contributed by atoms with van der Waals surface area (Å²) in [5.74, 6) is -2.21. The smallest absolute Gasteiger partial charge is 0.266 e. The van der Waals surface area contributed by atoms with Crippen molar-refractivity contribution in [2.45, 2.75) is 19.4 Å². The minimum atomic E-state index is -5.20. The monoisotopic (exact) mass is 305 g/mol. The molecular formula is C11H6F3NO4S. The van der Waals surface area contributed by atoms with Crippen LogP contribution in [0.2, 0.25) is 0 Å². The number of halogens is 3. The van der Waals surface area contributed by atoms with E-state index in [0.29, 0.717) is 0 Å². The summed E-state index contributed by atoms with van der Waals surface area (Å²) >= 11 is -3.81. The van der Waals surface area contributed by atoms with Crippen LogP contribution in [0.5, 0.6) is 0 Å². The average molecular weight is 305 g/mol. The van der Waals surface area contributed by atoms with Crippen LogP contribution in [0.4, 0.5) is 13.2 Å². The van der Waals surface area contributed by atoms with Gasteiger partial charge >= 0.3 is 5.51 Å². The Kier molecular flexibility index (Phi) is 3.31. The number of hydroxylamine groups is 2. The van der Waals surface area contributed by atoms with Crippen LogP contribution in [0.3, 0.4) is 0 Å². The zero-order valence-corrected chi connectivity index (χ0v) is 10.9. The van der Waals surface area contributed by atoms with Crippen LogP contribution in [0.1, 0.15) is 13.8 Å². The lowest BCUT2D eigenvalue weighted by molar-refractivity contribution is -0.164. The molecule has 0 aromatic carbocycles. The second-order valence-corrected chi connectivity index (χ2v) is 4.99. The average Bonchev–Trinajstić information content (AvgIpc) is 2.58. The van der Waals surface area contributed by atoms with Gasteiger partial charge in [0.15, 0.2) is 0 Å². The highest BCUT2D eigenvalue weighted by Crippen LogP contribution is 2.33. The number of imide groups is 1. The van der Waals surface area contributed by atoms with E-state index in [1.807, 2.05) is 0 Å². The van der Waals surface area contributed by atoms with E-state index in [9.17, 15) is 27.0 Å². The maximum atomic E-state index is 12.2. The number of nitrogens with zero attached hydrogens (tertiary/aromatic N) is 1. The topological polar surface area (TPSA) is 63.7 Å². The number of amides is 2. The van der Waals surface area contributed by atoms with E-state index in [1.165, 1.54) is 13.8 Å². The third kappa shape index (κ3) is 2.17. The summed E-state index contributed by atoms with van der Waals surface area (Å²) in [7, 11) is 0. The van der Waals surface area contributed by atoms with Gasteiger partial charge in [0.05, 0.1) is 11.1 Å². The zero-order valence-electron chi connectivity index (χ0n) is 10.1. The molecule has 0 saturated carbocycles. The summed E-state index contributed by atoms with van der Waals surface area (Å²) in [5, 5.41) is -0.143. The first-order valence-electron chi connectivity index (χ1n) is 5.14. The SMILES string of the molecule is CC1=C=C=C(C)C2=C1C(=O)N(O[S@](=O)C(F)(F)F)C2=O. The lowest BCUT2D eigenvalue weighted by atomic mass is 9.96. The van der Waals surface area contributed by atoms with Crippen LogP contribution in [0.15, 0.2) is 33.8 Å². The van der Waals surface area contributed by atoms with Crippen molar-refractivity contribution >= 4 is 22.9 Å². The number of hydrogen-bond acceptors (Lipinski definition) is 4. The van der Waals surface area contributed by atoms with Gasteiger partial charge in [-0.05, 0) is 13.8 Å². The fraction of sp³-hybridized carbons (Fsp3) is 0.273. The minimum Gasteiger partial charge on any atom is -0.266 e. The Bertz CT molecular complexity index is 647. The molecule has 9 heteroatoms. The van der Waals surface area contributed by atoms with Gasteiger partial charge in [0.1, 0.15) is 0 Å². The van der Waals surface area contributed by atoms with Crippen molar-refractivity contribution in [1.29, 1.82) is 0 Å². The van der Waals surface area contributed by atoms with Gasteiger partial charge < -0.3 is 0 Å². The van der Waals surface area contributed by atoms with Crippen molar-refractivity contribution in [3.63, 3.8) is 0 Å². The Balaban J connectivity index is 2.35. The van der Waals surface area contributed by atoms with Crippen molar-refractivity contribution in [2.24, 2.45) is 0 Å². The molecule has 2 amide bonds. The quantitative estimate of drug-likeness (QED) is 0.572. The summed E-state index contributed by atoms with van der Waals surface area (Å²) in [5.41, 5.74) is 0.203. The van der Waals surface area contributed by atoms with Crippen molar-refractivity contribution in [1.82, 2.24) is 5.06 Å². The number of rotatable bonds is 2. The van der Waals surface area contributed by atoms with E-state index in [-0.39, 0.29) is 27.4 Å². The van der Waals surface area contributed by atoms with Gasteiger partial charge in [0, 0.05) is 11.1 Å². The highest BCUT2D eigenvalue weighted by molar-refractivity contribution is 7.81. The van der Waals surface area contributed by atoms with Crippen molar-refractivity contribution in [2.75, 3.05) is 0 Å². The van der Waals surface area contributed by atoms with Crippen LogP contribution >= 0.6 is 0 Å². The molecule has 0 aromatic rings. The molecule has 1 heterocycles. The third-order valence-electron chi connectivity index (χ3n) is 2.57. The molecule has 1 aliphatic carbocycles. The normalized spacial score (nSPS) is 20.1.